The molecule has 2 aromatic heterocycles. The molecule has 31 heavy (non-hydrogen) atoms. The first kappa shape index (κ1) is 21.3. The number of amides is 1. The Labute approximate surface area is 184 Å². The molecule has 0 bridgehead atoms. The first-order chi connectivity index (χ1) is 14.9. The van der Waals surface area contributed by atoms with E-state index in [-0.39, 0.29) is 17.7 Å². The summed E-state index contributed by atoms with van der Waals surface area (Å²) in [5, 5.41) is 8.28. The van der Waals surface area contributed by atoms with Crippen LogP contribution in [-0.2, 0) is 6.54 Å². The van der Waals surface area contributed by atoms with Crippen molar-refractivity contribution in [3.63, 3.8) is 0 Å². The second-order valence-corrected chi connectivity index (χ2v) is 9.18. The molecule has 3 heterocycles. The highest BCUT2D eigenvalue weighted by Gasteiger charge is 2.22. The molecule has 1 saturated heterocycles. The second kappa shape index (κ2) is 9.05. The molecular weight excluding hydrogens is 414 g/mol. The molecule has 0 unspecified atom stereocenters. The van der Waals surface area contributed by atoms with Gasteiger partial charge >= 0.3 is 0 Å². The van der Waals surface area contributed by atoms with Gasteiger partial charge in [0.05, 0.1) is 6.10 Å². The van der Waals surface area contributed by atoms with Crippen LogP contribution in [0, 0.1) is 5.92 Å². The fraction of sp³-hybridized carbons (Fsp3) is 0.455. The predicted octanol–water partition coefficient (Wildman–Crippen LogP) is 3.10. The quantitative estimate of drug-likeness (QED) is 0.632. The Morgan fingerprint density at radius 3 is 2.81 bits per heavy atom. The average molecular weight is 442 g/mol. The molecule has 1 aromatic carbocycles. The van der Waals surface area contributed by atoms with E-state index in [0.29, 0.717) is 17.4 Å². The normalized spacial score (nSPS) is 16.6. The Morgan fingerprint density at radius 1 is 1.32 bits per heavy atom. The van der Waals surface area contributed by atoms with Gasteiger partial charge in [0.1, 0.15) is 11.4 Å². The van der Waals surface area contributed by atoms with Gasteiger partial charge in [-0.05, 0) is 50.3 Å². The molecule has 0 spiro atoms. The minimum atomic E-state index is -0.442. The van der Waals surface area contributed by atoms with Crippen LogP contribution in [0.5, 0.6) is 5.75 Å². The molecule has 4 rings (SSSR count). The molecule has 1 aliphatic rings. The summed E-state index contributed by atoms with van der Waals surface area (Å²) in [4.78, 5) is 31.6. The molecule has 9 heteroatoms. The number of fused-ring (bicyclic) bond motifs is 1. The number of hydrogen-bond acceptors (Lipinski definition) is 7. The number of benzene rings is 1. The Morgan fingerprint density at radius 2 is 2.10 bits per heavy atom. The topological polar surface area (TPSA) is 88.8 Å². The van der Waals surface area contributed by atoms with Crippen LogP contribution in [0.2, 0.25) is 0 Å². The van der Waals surface area contributed by atoms with E-state index in [1.54, 1.807) is 0 Å². The largest absolute Gasteiger partial charge is 0.491 e. The first-order valence-electron chi connectivity index (χ1n) is 10.6. The van der Waals surface area contributed by atoms with Crippen molar-refractivity contribution in [2.24, 2.45) is 5.92 Å². The summed E-state index contributed by atoms with van der Waals surface area (Å²) in [6.45, 7) is 8.35. The lowest BCUT2D eigenvalue weighted by Gasteiger charge is -2.30. The lowest BCUT2D eigenvalue weighted by Crippen LogP contribution is -2.34. The number of hydrogen-bond donors (Lipinski definition) is 1. The summed E-state index contributed by atoms with van der Waals surface area (Å²) in [6.07, 6.45) is 2.42. The van der Waals surface area contributed by atoms with Gasteiger partial charge in [0.25, 0.3) is 11.5 Å². The number of aromatic nitrogens is 3. The number of piperidine rings is 1. The number of carbonyl (C=O) groups is 1. The van der Waals surface area contributed by atoms with Crippen molar-refractivity contribution in [1.29, 1.82) is 0 Å². The fourth-order valence-electron chi connectivity index (χ4n) is 3.69. The number of nitrogens with one attached hydrogen (secondary N) is 1. The molecule has 8 nitrogen and oxygen atoms in total. The zero-order chi connectivity index (χ0) is 22.0. The zero-order valence-electron chi connectivity index (χ0n) is 18.0. The van der Waals surface area contributed by atoms with E-state index in [2.05, 4.69) is 27.2 Å². The number of ether oxygens (including phenoxy) is 1. The summed E-state index contributed by atoms with van der Waals surface area (Å²) in [6, 6.07) is 8.81. The van der Waals surface area contributed by atoms with Crippen LogP contribution in [0.3, 0.4) is 0 Å². The summed E-state index contributed by atoms with van der Waals surface area (Å²) < 4.78 is 7.12. The number of rotatable bonds is 6. The van der Waals surface area contributed by atoms with Gasteiger partial charge in [0.2, 0.25) is 10.1 Å². The highest BCUT2D eigenvalue weighted by atomic mass is 32.1. The number of carbonyl (C=O) groups excluding carboxylic acids is 1. The van der Waals surface area contributed by atoms with Crippen LogP contribution in [0.1, 0.15) is 49.7 Å². The maximum Gasteiger partial charge on any atom is 0.274 e. The second-order valence-electron chi connectivity index (χ2n) is 8.25. The van der Waals surface area contributed by atoms with E-state index in [1.165, 1.54) is 28.3 Å². The van der Waals surface area contributed by atoms with Gasteiger partial charge in [-0.25, -0.2) is 0 Å². The molecule has 1 amide bonds. The van der Waals surface area contributed by atoms with Gasteiger partial charge in [-0.2, -0.15) is 9.50 Å². The zero-order valence-corrected chi connectivity index (χ0v) is 18.8. The SMILES string of the molecule is CC(C)Oc1ccc(CNC(=O)c2cc(=O)nc3sc(N4CCC[C@@H](C)C4)nn23)cc1. The van der Waals surface area contributed by atoms with Gasteiger partial charge in [0, 0.05) is 25.7 Å². The van der Waals surface area contributed by atoms with Crippen LogP contribution in [0.25, 0.3) is 4.96 Å². The van der Waals surface area contributed by atoms with Crippen molar-refractivity contribution in [3.8, 4) is 5.75 Å². The molecule has 1 fully saturated rings. The molecule has 0 radical (unpaired) electrons. The summed E-state index contributed by atoms with van der Waals surface area (Å²) in [5.41, 5.74) is 0.688. The van der Waals surface area contributed by atoms with Gasteiger partial charge in [-0.3, -0.25) is 9.59 Å². The van der Waals surface area contributed by atoms with E-state index < -0.39 is 5.56 Å². The summed E-state index contributed by atoms with van der Waals surface area (Å²) >= 11 is 1.35. The minimum absolute atomic E-state index is 0.106. The van der Waals surface area contributed by atoms with E-state index in [4.69, 9.17) is 4.74 Å². The molecule has 0 saturated carbocycles. The van der Waals surface area contributed by atoms with E-state index in [9.17, 15) is 9.59 Å². The third-order valence-electron chi connectivity index (χ3n) is 5.15. The van der Waals surface area contributed by atoms with E-state index in [1.807, 2.05) is 38.1 Å². The smallest absolute Gasteiger partial charge is 0.274 e. The third kappa shape index (κ3) is 5.04. The molecule has 1 atom stereocenters. The van der Waals surface area contributed by atoms with Crippen molar-refractivity contribution < 1.29 is 9.53 Å². The van der Waals surface area contributed by atoms with Crippen molar-refractivity contribution in [2.75, 3.05) is 18.0 Å². The average Bonchev–Trinajstić information content (AvgIpc) is 3.16. The summed E-state index contributed by atoms with van der Waals surface area (Å²) in [5.74, 6) is 1.02. The monoisotopic (exact) mass is 441 g/mol. The van der Waals surface area contributed by atoms with Crippen LogP contribution >= 0.6 is 11.3 Å². The van der Waals surface area contributed by atoms with Gasteiger partial charge in [-0.1, -0.05) is 30.4 Å². The van der Waals surface area contributed by atoms with Gasteiger partial charge in [0.15, 0.2) is 0 Å². The van der Waals surface area contributed by atoms with Crippen molar-refractivity contribution in [1.82, 2.24) is 19.9 Å². The lowest BCUT2D eigenvalue weighted by molar-refractivity contribution is 0.0943. The maximum absolute atomic E-state index is 12.9. The lowest BCUT2D eigenvalue weighted by atomic mass is 10.0. The van der Waals surface area contributed by atoms with Crippen LogP contribution in [0.4, 0.5) is 5.13 Å². The van der Waals surface area contributed by atoms with Crippen molar-refractivity contribution in [2.45, 2.75) is 46.3 Å². The van der Waals surface area contributed by atoms with Crippen LogP contribution < -0.4 is 20.5 Å². The Hall–Kier alpha value is -2.94. The van der Waals surface area contributed by atoms with Gasteiger partial charge < -0.3 is 15.0 Å². The third-order valence-corrected chi connectivity index (χ3v) is 6.12. The Bertz CT molecular complexity index is 1120. The standard InChI is InChI=1S/C22H27N5O3S/c1-14(2)30-17-8-6-16(7-9-17)12-23-20(29)18-11-19(28)24-21-27(18)25-22(31-21)26-10-4-5-15(3)13-26/h6-9,11,14-15H,4-5,10,12-13H2,1-3H3,(H,23,29)/t15-/m1/s1. The number of nitrogens with zero attached hydrogens (tertiary/aromatic N) is 4. The molecular formula is C22H27N5O3S. The van der Waals surface area contributed by atoms with E-state index in [0.717, 1.165) is 36.0 Å². The first-order valence-corrected chi connectivity index (χ1v) is 11.4. The highest BCUT2D eigenvalue weighted by Crippen LogP contribution is 2.27. The Balaban J connectivity index is 1.51. The molecule has 3 aromatic rings. The predicted molar refractivity (Wildman–Crippen MR) is 121 cm³/mol. The van der Waals surface area contributed by atoms with E-state index >= 15 is 0 Å². The minimum Gasteiger partial charge on any atom is -0.491 e. The molecule has 1 aliphatic heterocycles. The van der Waals surface area contributed by atoms with Crippen LogP contribution in [-0.4, -0.2) is 39.7 Å². The highest BCUT2D eigenvalue weighted by molar-refractivity contribution is 7.20. The van der Waals surface area contributed by atoms with Crippen molar-refractivity contribution in [3.05, 3.63) is 51.9 Å². The molecule has 0 aliphatic carbocycles. The van der Waals surface area contributed by atoms with Gasteiger partial charge in [-0.15, -0.1) is 5.10 Å². The fourth-order valence-corrected chi connectivity index (χ4v) is 4.63. The van der Waals surface area contributed by atoms with Crippen molar-refractivity contribution >= 4 is 27.3 Å². The summed E-state index contributed by atoms with van der Waals surface area (Å²) in [7, 11) is 0. The molecule has 1 N–H and O–H groups in total. The molecule has 164 valence electrons. The maximum atomic E-state index is 12.9. The van der Waals surface area contributed by atoms with Crippen LogP contribution in [0.15, 0.2) is 35.1 Å². The Kier molecular flexibility index (Phi) is 6.22. The number of anilines is 1.